The van der Waals surface area contributed by atoms with Crippen molar-refractivity contribution in [2.75, 3.05) is 55.7 Å². The van der Waals surface area contributed by atoms with Gasteiger partial charge in [-0.3, -0.25) is 4.79 Å². The minimum atomic E-state index is -0.805. The fourth-order valence-electron chi connectivity index (χ4n) is 5.69. The van der Waals surface area contributed by atoms with E-state index >= 15 is 0 Å². The molecule has 0 aliphatic heterocycles. The maximum atomic E-state index is 12.3. The van der Waals surface area contributed by atoms with Crippen LogP contribution >= 0.6 is 34.8 Å². The molecule has 0 aliphatic carbocycles. The van der Waals surface area contributed by atoms with Gasteiger partial charge in [0.1, 0.15) is 12.1 Å². The quantitative estimate of drug-likeness (QED) is 0.0371. The lowest BCUT2D eigenvalue weighted by atomic mass is 10.1. The molecule has 0 spiro atoms. The van der Waals surface area contributed by atoms with Crippen molar-refractivity contribution in [1.29, 1.82) is 10.5 Å². The van der Waals surface area contributed by atoms with E-state index in [1.807, 2.05) is 103 Å². The van der Waals surface area contributed by atoms with E-state index < -0.39 is 17.9 Å². The van der Waals surface area contributed by atoms with Crippen LogP contribution in [0.5, 0.6) is 0 Å². The summed E-state index contributed by atoms with van der Waals surface area (Å²) >= 11 is 19.4. The molecule has 0 saturated carbocycles. The Morgan fingerprint density at radius 2 is 0.817 bits per heavy atom. The molecule has 0 saturated heterocycles. The Bertz CT molecular complexity index is 2190. The lowest BCUT2D eigenvalue weighted by Crippen LogP contribution is -2.16. The fourth-order valence-corrected chi connectivity index (χ4v) is 6.42. The molecule has 4 aromatic carbocycles. The minimum absolute atomic E-state index is 0.0229. The van der Waals surface area contributed by atoms with E-state index in [1.54, 1.807) is 57.2 Å². The van der Waals surface area contributed by atoms with Crippen LogP contribution in [0, 0.1) is 29.2 Å². The molecule has 4 aromatic rings. The van der Waals surface area contributed by atoms with Crippen LogP contribution < -0.4 is 14.7 Å². The maximum Gasteiger partial charge on any atom is 0.350 e. The number of rotatable bonds is 15. The molecule has 0 fully saturated rings. The first kappa shape index (κ1) is 45.9. The van der Waals surface area contributed by atoms with Gasteiger partial charge in [-0.15, -0.1) is 0 Å². The summed E-state index contributed by atoms with van der Waals surface area (Å²) in [5.74, 6) is -2.41. The molecule has 0 heterocycles. The Hall–Kier alpha value is -6.75. The SMILES string of the molecule is [C-]#[N+]/C(C(=O)OCC)=C(/Cl)c1ccc(N(C)c2cc(N(C)c3ccc(/C(Cl)=C(\C#N)C(=O)OCC)cc3)cc(N(C)c3ccc(/C(Cl)=C(\C#N)C(=O)OCC)cc3)c2)cc1. The van der Waals surface area contributed by atoms with E-state index in [2.05, 4.69) is 4.85 Å². The average Bonchev–Trinajstić information content (AvgIpc) is 3.26. The van der Waals surface area contributed by atoms with Gasteiger partial charge in [0, 0.05) is 55.3 Å². The lowest BCUT2D eigenvalue weighted by molar-refractivity contribution is -0.138. The number of hydrogen-bond donors (Lipinski definition) is 0. The molecule has 12 nitrogen and oxygen atoms in total. The van der Waals surface area contributed by atoms with Gasteiger partial charge in [-0.1, -0.05) is 71.2 Å². The zero-order valence-electron chi connectivity index (χ0n) is 33.5. The highest BCUT2D eigenvalue weighted by Gasteiger charge is 2.21. The molecule has 0 bridgehead atoms. The highest BCUT2D eigenvalue weighted by molar-refractivity contribution is 6.52. The predicted octanol–water partition coefficient (Wildman–Crippen LogP) is 10.5. The summed E-state index contributed by atoms with van der Waals surface area (Å²) in [5.41, 5.74) is 5.08. The van der Waals surface area contributed by atoms with Gasteiger partial charge < -0.3 is 28.9 Å². The summed E-state index contributed by atoms with van der Waals surface area (Å²) < 4.78 is 15.0. The molecule has 0 N–H and O–H groups in total. The maximum absolute atomic E-state index is 12.3. The number of carbonyl (C=O) groups excluding carboxylic acids is 3. The van der Waals surface area contributed by atoms with Crippen LogP contribution in [0.1, 0.15) is 37.5 Å². The number of anilines is 6. The van der Waals surface area contributed by atoms with Gasteiger partial charge in [-0.05, 0) is 92.1 Å². The molecule has 0 amide bonds. The normalized spacial score (nSPS) is 11.9. The molecule has 4 rings (SSSR count). The van der Waals surface area contributed by atoms with Gasteiger partial charge in [0.25, 0.3) is 5.70 Å². The van der Waals surface area contributed by atoms with Crippen LogP contribution in [0.2, 0.25) is 0 Å². The number of nitrogens with zero attached hydrogens (tertiary/aromatic N) is 6. The van der Waals surface area contributed by atoms with Crippen LogP contribution in [0.3, 0.4) is 0 Å². The van der Waals surface area contributed by atoms with Gasteiger partial charge in [0.05, 0.1) is 41.5 Å². The summed E-state index contributed by atoms with van der Waals surface area (Å²) in [5, 5.41) is 19.1. The van der Waals surface area contributed by atoms with Gasteiger partial charge >= 0.3 is 17.9 Å². The number of esters is 3. The van der Waals surface area contributed by atoms with Gasteiger partial charge in [0.2, 0.25) is 0 Å². The average molecular weight is 866 g/mol. The first-order chi connectivity index (χ1) is 28.7. The molecule has 0 radical (unpaired) electrons. The number of carbonyl (C=O) groups is 3. The highest BCUT2D eigenvalue weighted by atomic mass is 35.5. The summed E-state index contributed by atoms with van der Waals surface area (Å²) in [6.07, 6.45) is 0. The lowest BCUT2D eigenvalue weighted by Gasteiger charge is -2.28. The molecule has 15 heteroatoms. The summed E-state index contributed by atoms with van der Waals surface area (Å²) in [7, 11) is 5.66. The number of nitriles is 2. The Kier molecular flexibility index (Phi) is 16.3. The van der Waals surface area contributed by atoms with Crippen molar-refractivity contribution in [3.8, 4) is 12.1 Å². The third-order valence-electron chi connectivity index (χ3n) is 8.98. The Morgan fingerprint density at radius 3 is 1.08 bits per heavy atom. The first-order valence-electron chi connectivity index (χ1n) is 18.3. The van der Waals surface area contributed by atoms with E-state index in [4.69, 9.17) is 55.6 Å². The van der Waals surface area contributed by atoms with Gasteiger partial charge in [-0.2, -0.15) is 10.5 Å². The van der Waals surface area contributed by atoms with E-state index in [0.29, 0.717) is 16.7 Å². The number of benzene rings is 4. The van der Waals surface area contributed by atoms with Gasteiger partial charge in [0.15, 0.2) is 11.1 Å². The van der Waals surface area contributed by atoms with E-state index in [0.717, 1.165) is 34.1 Å². The van der Waals surface area contributed by atoms with E-state index in [9.17, 15) is 24.9 Å². The second kappa shape index (κ2) is 21.3. The standard InChI is InChI=1S/C45H39Cl3N6O6/c1-8-58-43(55)37(26-49)39(46)28-11-17-31(18-12-28)52(5)34-23-35(53(6)32-19-13-29(14-20-32)40(47)38(27-50)44(56)59-9-2)25-36(24-34)54(7)33-21-15-30(16-22-33)41(48)42(51-4)45(57)60-10-3/h11-25H,8-10H2,1-3,5-7H3/b39-37-,40-38-,42-41+. The third-order valence-corrected chi connectivity index (χ3v) is 10.2. The number of ether oxygens (including phenoxy) is 3. The van der Waals surface area contributed by atoms with E-state index in [1.165, 1.54) is 0 Å². The molecule has 0 unspecified atom stereocenters. The molecule has 0 aromatic heterocycles. The molecular weight excluding hydrogens is 827 g/mol. The van der Waals surface area contributed by atoms with Crippen LogP contribution in [-0.4, -0.2) is 58.9 Å². The van der Waals surface area contributed by atoms with Crippen LogP contribution in [0.4, 0.5) is 34.1 Å². The predicted molar refractivity (Wildman–Crippen MR) is 236 cm³/mol. The molecular formula is C45H39Cl3N6O6. The minimum Gasteiger partial charge on any atom is -0.471 e. The largest absolute Gasteiger partial charge is 0.471 e. The zero-order valence-corrected chi connectivity index (χ0v) is 35.8. The van der Waals surface area contributed by atoms with E-state index in [-0.39, 0.29) is 51.8 Å². The van der Waals surface area contributed by atoms with Crippen molar-refractivity contribution in [2.24, 2.45) is 0 Å². The topological polar surface area (TPSA) is 141 Å². The van der Waals surface area contributed by atoms with Gasteiger partial charge in [-0.25, -0.2) is 14.4 Å². The monoisotopic (exact) mass is 864 g/mol. The molecule has 306 valence electrons. The fraction of sp³-hybridized carbons (Fsp3) is 0.200. The number of hydrogen-bond acceptors (Lipinski definition) is 11. The van der Waals surface area contributed by atoms with Crippen LogP contribution in [-0.2, 0) is 28.6 Å². The first-order valence-corrected chi connectivity index (χ1v) is 19.4. The third kappa shape index (κ3) is 10.6. The molecule has 60 heavy (non-hydrogen) atoms. The van der Waals surface area contributed by atoms with Crippen molar-refractivity contribution < 1.29 is 28.6 Å². The Labute approximate surface area is 364 Å². The number of halogens is 3. The highest BCUT2D eigenvalue weighted by Crippen LogP contribution is 2.38. The molecule has 0 atom stereocenters. The summed E-state index contributed by atoms with van der Waals surface area (Å²) in [6.45, 7) is 12.7. The second-order valence-corrected chi connectivity index (χ2v) is 13.7. The Balaban J connectivity index is 1.79. The van der Waals surface area contributed by atoms with Crippen molar-refractivity contribution in [3.05, 3.63) is 136 Å². The summed E-state index contributed by atoms with van der Waals surface area (Å²) in [6, 6.07) is 30.7. The van der Waals surface area contributed by atoms with Crippen molar-refractivity contribution in [2.45, 2.75) is 20.8 Å². The van der Waals surface area contributed by atoms with Crippen molar-refractivity contribution in [1.82, 2.24) is 0 Å². The Morgan fingerprint density at radius 1 is 0.533 bits per heavy atom. The zero-order chi connectivity index (χ0) is 44.1. The smallest absolute Gasteiger partial charge is 0.350 e. The van der Waals surface area contributed by atoms with Crippen LogP contribution in [0.25, 0.3) is 19.9 Å². The van der Waals surface area contributed by atoms with Crippen molar-refractivity contribution in [3.63, 3.8) is 0 Å². The van der Waals surface area contributed by atoms with Crippen LogP contribution in [0.15, 0.2) is 108 Å². The summed E-state index contributed by atoms with van der Waals surface area (Å²) in [4.78, 5) is 46.1. The second-order valence-electron chi connectivity index (χ2n) is 12.6. The van der Waals surface area contributed by atoms with Crippen molar-refractivity contribution >= 4 is 102 Å². The molecule has 0 aliphatic rings.